The van der Waals surface area contributed by atoms with E-state index in [4.69, 9.17) is 9.84 Å². The van der Waals surface area contributed by atoms with Gasteiger partial charge in [-0.1, -0.05) is 6.92 Å². The van der Waals surface area contributed by atoms with Gasteiger partial charge in [0, 0.05) is 11.4 Å². The van der Waals surface area contributed by atoms with Crippen molar-refractivity contribution >= 4 is 22.4 Å². The molecule has 5 nitrogen and oxygen atoms in total. The maximum atomic E-state index is 11.0. The summed E-state index contributed by atoms with van der Waals surface area (Å²) in [5.74, 6) is -0.952. The molecule has 0 radical (unpaired) electrons. The lowest BCUT2D eigenvalue weighted by Gasteiger charge is -2.34. The monoisotopic (exact) mass is 256 g/mol. The molecule has 1 aliphatic rings. The molecule has 0 aromatic carbocycles. The van der Waals surface area contributed by atoms with E-state index in [-0.39, 0.29) is 5.69 Å². The third-order valence-electron chi connectivity index (χ3n) is 2.93. The summed E-state index contributed by atoms with van der Waals surface area (Å²) in [4.78, 5) is 18.1. The number of aromatic nitrogens is 1. The molecular weight excluding hydrogens is 240 g/mol. The second-order valence-electron chi connectivity index (χ2n) is 4.04. The number of ether oxygens (including phenoxy) is 1. The SMILES string of the molecule is CCC1COCCN1c1nc(C(=O)O)c(C)s1. The second kappa shape index (κ2) is 5.01. The van der Waals surface area contributed by atoms with Crippen LogP contribution in [0.15, 0.2) is 0 Å². The maximum absolute atomic E-state index is 11.0. The number of carboxylic acid groups (broad SMARTS) is 1. The van der Waals surface area contributed by atoms with Crippen molar-refractivity contribution in [1.82, 2.24) is 4.98 Å². The van der Waals surface area contributed by atoms with Crippen LogP contribution in [-0.4, -0.2) is 41.9 Å². The van der Waals surface area contributed by atoms with Gasteiger partial charge in [-0.05, 0) is 13.3 Å². The molecule has 1 saturated heterocycles. The molecule has 0 amide bonds. The van der Waals surface area contributed by atoms with E-state index < -0.39 is 5.97 Å². The Morgan fingerprint density at radius 2 is 2.47 bits per heavy atom. The van der Waals surface area contributed by atoms with Crippen LogP contribution >= 0.6 is 11.3 Å². The second-order valence-corrected chi connectivity index (χ2v) is 5.22. The van der Waals surface area contributed by atoms with Crippen LogP contribution in [0.2, 0.25) is 0 Å². The van der Waals surface area contributed by atoms with Gasteiger partial charge in [0.2, 0.25) is 0 Å². The highest BCUT2D eigenvalue weighted by atomic mass is 32.1. The molecular formula is C11H16N2O3S. The normalized spacial score (nSPS) is 20.6. The van der Waals surface area contributed by atoms with Gasteiger partial charge in [0.1, 0.15) is 0 Å². The minimum Gasteiger partial charge on any atom is -0.476 e. The summed E-state index contributed by atoms with van der Waals surface area (Å²) in [5, 5.41) is 9.80. The van der Waals surface area contributed by atoms with Crippen molar-refractivity contribution in [3.8, 4) is 0 Å². The first-order chi connectivity index (χ1) is 8.13. The van der Waals surface area contributed by atoms with Crippen LogP contribution in [0.3, 0.4) is 0 Å². The number of nitrogens with zero attached hydrogens (tertiary/aromatic N) is 2. The van der Waals surface area contributed by atoms with Gasteiger partial charge in [-0.2, -0.15) is 0 Å². The predicted octanol–water partition coefficient (Wildman–Crippen LogP) is 1.76. The summed E-state index contributed by atoms with van der Waals surface area (Å²) in [6.45, 7) is 6.05. The van der Waals surface area contributed by atoms with Crippen LogP contribution in [0.4, 0.5) is 5.13 Å². The van der Waals surface area contributed by atoms with Crippen molar-refractivity contribution in [3.05, 3.63) is 10.6 Å². The lowest BCUT2D eigenvalue weighted by molar-refractivity contribution is 0.0690. The summed E-state index contributed by atoms with van der Waals surface area (Å²) < 4.78 is 5.43. The van der Waals surface area contributed by atoms with Gasteiger partial charge in [-0.15, -0.1) is 11.3 Å². The lowest BCUT2D eigenvalue weighted by Crippen LogP contribution is -2.45. The third-order valence-corrected chi connectivity index (χ3v) is 3.94. The van der Waals surface area contributed by atoms with E-state index in [0.717, 1.165) is 23.0 Å². The average molecular weight is 256 g/mol. The minimum absolute atomic E-state index is 0.173. The third kappa shape index (κ3) is 2.42. The molecule has 1 unspecified atom stereocenters. The first-order valence-electron chi connectivity index (χ1n) is 5.68. The Hall–Kier alpha value is -1.14. The Morgan fingerprint density at radius 3 is 3.06 bits per heavy atom. The molecule has 17 heavy (non-hydrogen) atoms. The number of anilines is 1. The van der Waals surface area contributed by atoms with Gasteiger partial charge >= 0.3 is 5.97 Å². The quantitative estimate of drug-likeness (QED) is 0.893. The number of carboxylic acids is 1. The fraction of sp³-hybridized carbons (Fsp3) is 0.636. The van der Waals surface area contributed by atoms with Crippen molar-refractivity contribution in [2.24, 2.45) is 0 Å². The van der Waals surface area contributed by atoms with E-state index in [2.05, 4.69) is 16.8 Å². The summed E-state index contributed by atoms with van der Waals surface area (Å²) in [6, 6.07) is 0.302. The number of carbonyl (C=O) groups is 1. The Bertz CT molecular complexity index is 419. The van der Waals surface area contributed by atoms with E-state index in [9.17, 15) is 4.79 Å². The van der Waals surface area contributed by atoms with Crippen molar-refractivity contribution < 1.29 is 14.6 Å². The van der Waals surface area contributed by atoms with Gasteiger partial charge in [-0.25, -0.2) is 9.78 Å². The number of aromatic carboxylic acids is 1. The Kier molecular flexibility index (Phi) is 3.63. The molecule has 6 heteroatoms. The van der Waals surface area contributed by atoms with E-state index in [1.54, 1.807) is 6.92 Å². The lowest BCUT2D eigenvalue weighted by atomic mass is 10.2. The fourth-order valence-electron chi connectivity index (χ4n) is 1.95. The van der Waals surface area contributed by atoms with Crippen LogP contribution in [-0.2, 0) is 4.74 Å². The van der Waals surface area contributed by atoms with Crippen LogP contribution in [0.1, 0.15) is 28.7 Å². The van der Waals surface area contributed by atoms with Gasteiger partial charge in [0.05, 0.1) is 19.3 Å². The van der Waals surface area contributed by atoms with Crippen molar-refractivity contribution in [2.45, 2.75) is 26.3 Å². The highest BCUT2D eigenvalue weighted by molar-refractivity contribution is 7.15. The number of hydrogen-bond acceptors (Lipinski definition) is 5. The molecule has 0 bridgehead atoms. The van der Waals surface area contributed by atoms with E-state index >= 15 is 0 Å². The van der Waals surface area contributed by atoms with E-state index in [0.29, 0.717) is 19.3 Å². The summed E-state index contributed by atoms with van der Waals surface area (Å²) >= 11 is 1.45. The molecule has 0 saturated carbocycles. The molecule has 0 spiro atoms. The van der Waals surface area contributed by atoms with E-state index in [1.807, 2.05) is 0 Å². The van der Waals surface area contributed by atoms with Gasteiger partial charge in [0.15, 0.2) is 10.8 Å². The molecule has 0 aliphatic carbocycles. The number of hydrogen-bond donors (Lipinski definition) is 1. The number of thiazole rings is 1. The minimum atomic E-state index is -0.952. The van der Waals surface area contributed by atoms with Crippen LogP contribution < -0.4 is 4.90 Å². The number of morpholine rings is 1. The molecule has 1 fully saturated rings. The standard InChI is InChI=1S/C11H16N2O3S/c1-3-8-6-16-5-4-13(8)11-12-9(10(14)15)7(2)17-11/h8H,3-6H2,1-2H3,(H,14,15). The van der Waals surface area contributed by atoms with Crippen molar-refractivity contribution in [3.63, 3.8) is 0 Å². The molecule has 1 aromatic heterocycles. The summed E-state index contributed by atoms with van der Waals surface area (Å²) in [7, 11) is 0. The van der Waals surface area contributed by atoms with E-state index in [1.165, 1.54) is 11.3 Å². The molecule has 1 aromatic rings. The Labute approximate surface area is 104 Å². The molecule has 1 aliphatic heterocycles. The number of rotatable bonds is 3. The first kappa shape index (κ1) is 12.3. The molecule has 1 atom stereocenters. The van der Waals surface area contributed by atoms with Gasteiger partial charge < -0.3 is 14.7 Å². The van der Waals surface area contributed by atoms with Crippen molar-refractivity contribution in [2.75, 3.05) is 24.7 Å². The average Bonchev–Trinajstić information content (AvgIpc) is 2.71. The smallest absolute Gasteiger partial charge is 0.355 e. The van der Waals surface area contributed by atoms with Gasteiger partial charge in [0.25, 0.3) is 0 Å². The number of aryl methyl sites for hydroxylation is 1. The zero-order valence-electron chi connectivity index (χ0n) is 9.97. The molecule has 2 rings (SSSR count). The first-order valence-corrected chi connectivity index (χ1v) is 6.50. The van der Waals surface area contributed by atoms with Crippen molar-refractivity contribution in [1.29, 1.82) is 0 Å². The van der Waals surface area contributed by atoms with Gasteiger partial charge in [-0.3, -0.25) is 0 Å². The predicted molar refractivity (Wildman–Crippen MR) is 66.1 cm³/mol. The molecule has 1 N–H and O–H groups in total. The summed E-state index contributed by atoms with van der Waals surface area (Å²) in [6.07, 6.45) is 0.973. The molecule has 2 heterocycles. The maximum Gasteiger partial charge on any atom is 0.355 e. The molecule has 94 valence electrons. The highest BCUT2D eigenvalue weighted by Crippen LogP contribution is 2.29. The summed E-state index contributed by atoms with van der Waals surface area (Å²) in [5.41, 5.74) is 0.173. The van der Waals surface area contributed by atoms with Crippen LogP contribution in [0, 0.1) is 6.92 Å². The van der Waals surface area contributed by atoms with Crippen LogP contribution in [0.25, 0.3) is 0 Å². The highest BCUT2D eigenvalue weighted by Gasteiger charge is 2.26. The fourth-order valence-corrected chi connectivity index (χ4v) is 2.95. The zero-order chi connectivity index (χ0) is 12.4. The largest absolute Gasteiger partial charge is 0.476 e. The van der Waals surface area contributed by atoms with Crippen LogP contribution in [0.5, 0.6) is 0 Å². The Morgan fingerprint density at radius 1 is 1.71 bits per heavy atom. The zero-order valence-corrected chi connectivity index (χ0v) is 10.8. The topological polar surface area (TPSA) is 62.7 Å². The Balaban J connectivity index is 2.26.